The van der Waals surface area contributed by atoms with E-state index in [1.54, 1.807) is 0 Å². The molecule has 0 bridgehead atoms. The van der Waals surface area contributed by atoms with E-state index in [0.717, 1.165) is 50.9 Å². The van der Waals surface area contributed by atoms with Gasteiger partial charge in [0.25, 0.3) is 0 Å². The van der Waals surface area contributed by atoms with Crippen LogP contribution in [0.5, 0.6) is 0 Å². The predicted octanol–water partition coefficient (Wildman–Crippen LogP) is 2.33. The molecule has 3 aliphatic rings. The van der Waals surface area contributed by atoms with Gasteiger partial charge in [0, 0.05) is 25.9 Å². The van der Waals surface area contributed by atoms with Gasteiger partial charge >= 0.3 is 0 Å². The molecule has 8 unspecified atom stereocenters. The summed E-state index contributed by atoms with van der Waals surface area (Å²) in [6.07, 6.45) is 5.31. The van der Waals surface area contributed by atoms with Crippen LogP contribution < -0.4 is 5.32 Å². The van der Waals surface area contributed by atoms with Crippen LogP contribution in [0.25, 0.3) is 0 Å². The minimum absolute atomic E-state index is 0.121. The number of ether oxygens (including phenoxy) is 3. The smallest absolute Gasteiger partial charge is 0.217 e. The van der Waals surface area contributed by atoms with Crippen molar-refractivity contribution in [1.29, 1.82) is 0 Å². The average Bonchev–Trinajstić information content (AvgIpc) is 3.53. The van der Waals surface area contributed by atoms with Gasteiger partial charge < -0.3 is 34.8 Å². The molecule has 3 fully saturated rings. The highest BCUT2D eigenvalue weighted by molar-refractivity contribution is 5.81. The normalized spacial score (nSPS) is 36.2. The maximum atomic E-state index is 12.9. The van der Waals surface area contributed by atoms with Gasteiger partial charge in [-0.3, -0.25) is 9.59 Å². The fraction of sp³-hybridized carbons (Fsp3) is 0.929. The molecule has 9 heteroatoms. The van der Waals surface area contributed by atoms with Crippen molar-refractivity contribution in [3.8, 4) is 0 Å². The molecule has 0 aromatic carbocycles. The molecule has 0 spiro atoms. The Bertz CT molecular complexity index is 718. The van der Waals surface area contributed by atoms with E-state index >= 15 is 0 Å². The maximum Gasteiger partial charge on any atom is 0.217 e. The van der Waals surface area contributed by atoms with Crippen LogP contribution in [0, 0.1) is 23.7 Å². The quantitative estimate of drug-likeness (QED) is 0.253. The average molecular weight is 528 g/mol. The Labute approximate surface area is 221 Å². The van der Waals surface area contributed by atoms with Gasteiger partial charge in [0.15, 0.2) is 6.29 Å². The van der Waals surface area contributed by atoms with Gasteiger partial charge in [-0.2, -0.15) is 0 Å². The van der Waals surface area contributed by atoms with Crippen molar-refractivity contribution in [3.63, 3.8) is 0 Å². The second-order valence-electron chi connectivity index (χ2n) is 11.7. The number of ketones is 1. The summed E-state index contributed by atoms with van der Waals surface area (Å²) in [5.74, 6) is 1.92. The first kappa shape index (κ1) is 30.4. The fourth-order valence-electron chi connectivity index (χ4n) is 6.23. The third-order valence-corrected chi connectivity index (χ3v) is 8.59. The summed E-state index contributed by atoms with van der Waals surface area (Å²) in [6.45, 7) is 6.45. The molecule has 1 saturated heterocycles. The SMILES string of the molecule is CC(=O)NC1C(OCCCCCC(=O)C2CCC[C@H]2COC2CCC(C(C)C)C2)OC(CO)C(O)C1O. The number of aliphatic hydroxyl groups is 3. The Balaban J connectivity index is 1.33. The zero-order valence-corrected chi connectivity index (χ0v) is 22.8. The van der Waals surface area contributed by atoms with Crippen LogP contribution in [0.4, 0.5) is 0 Å². The summed E-state index contributed by atoms with van der Waals surface area (Å²) in [4.78, 5) is 24.4. The number of aliphatic hydroxyl groups excluding tert-OH is 3. The molecular formula is C28H49NO8. The first-order chi connectivity index (χ1) is 17.7. The van der Waals surface area contributed by atoms with Crippen molar-refractivity contribution in [2.24, 2.45) is 23.7 Å². The van der Waals surface area contributed by atoms with Gasteiger partial charge in [0.05, 0.1) is 19.3 Å². The van der Waals surface area contributed by atoms with E-state index in [-0.39, 0.29) is 11.8 Å². The Morgan fingerprint density at radius 2 is 1.81 bits per heavy atom. The zero-order chi connectivity index (χ0) is 26.9. The van der Waals surface area contributed by atoms with E-state index in [2.05, 4.69) is 19.2 Å². The molecule has 9 atom stereocenters. The van der Waals surface area contributed by atoms with Crippen molar-refractivity contribution in [1.82, 2.24) is 5.32 Å². The first-order valence-corrected chi connectivity index (χ1v) is 14.4. The third-order valence-electron chi connectivity index (χ3n) is 8.59. The van der Waals surface area contributed by atoms with E-state index in [4.69, 9.17) is 14.2 Å². The lowest BCUT2D eigenvalue weighted by molar-refractivity contribution is -0.270. The van der Waals surface area contributed by atoms with E-state index in [1.165, 1.54) is 13.3 Å². The highest BCUT2D eigenvalue weighted by atomic mass is 16.7. The van der Waals surface area contributed by atoms with Crippen molar-refractivity contribution in [2.45, 2.75) is 122 Å². The summed E-state index contributed by atoms with van der Waals surface area (Å²) >= 11 is 0. The number of nitrogens with one attached hydrogen (secondary N) is 1. The fourth-order valence-corrected chi connectivity index (χ4v) is 6.23. The van der Waals surface area contributed by atoms with E-state index in [1.807, 2.05) is 0 Å². The summed E-state index contributed by atoms with van der Waals surface area (Å²) in [5, 5.41) is 32.4. The molecular weight excluding hydrogens is 478 g/mol. The van der Waals surface area contributed by atoms with Gasteiger partial charge in [0.2, 0.25) is 5.91 Å². The molecule has 3 rings (SSSR count). The van der Waals surface area contributed by atoms with Crippen LogP contribution in [0.2, 0.25) is 0 Å². The summed E-state index contributed by atoms with van der Waals surface area (Å²) in [7, 11) is 0. The Morgan fingerprint density at radius 3 is 2.49 bits per heavy atom. The molecule has 0 radical (unpaired) electrons. The molecule has 4 N–H and O–H groups in total. The highest BCUT2D eigenvalue weighted by Gasteiger charge is 2.45. The van der Waals surface area contributed by atoms with Crippen LogP contribution in [0.3, 0.4) is 0 Å². The topological polar surface area (TPSA) is 135 Å². The van der Waals surface area contributed by atoms with Crippen LogP contribution in [0.15, 0.2) is 0 Å². The van der Waals surface area contributed by atoms with Crippen molar-refractivity contribution < 1.29 is 39.1 Å². The van der Waals surface area contributed by atoms with E-state index in [9.17, 15) is 24.9 Å². The Hall–Kier alpha value is -1.10. The number of rotatable bonds is 14. The van der Waals surface area contributed by atoms with Gasteiger partial charge in [-0.25, -0.2) is 0 Å². The lowest BCUT2D eigenvalue weighted by Gasteiger charge is -2.42. The summed E-state index contributed by atoms with van der Waals surface area (Å²) in [6, 6.07) is -0.932. The summed E-state index contributed by atoms with van der Waals surface area (Å²) < 4.78 is 17.6. The van der Waals surface area contributed by atoms with Crippen molar-refractivity contribution in [3.05, 3.63) is 0 Å². The van der Waals surface area contributed by atoms with Gasteiger partial charge in [-0.15, -0.1) is 0 Å². The van der Waals surface area contributed by atoms with Gasteiger partial charge in [-0.1, -0.05) is 26.7 Å². The van der Waals surface area contributed by atoms with Crippen LogP contribution in [-0.4, -0.2) is 83.6 Å². The molecule has 2 saturated carbocycles. The zero-order valence-electron chi connectivity index (χ0n) is 22.8. The minimum atomic E-state index is -1.33. The lowest BCUT2D eigenvalue weighted by atomic mass is 9.90. The maximum absolute atomic E-state index is 12.9. The van der Waals surface area contributed by atoms with E-state index < -0.39 is 37.3 Å². The number of Topliss-reactive ketones (excluding diaryl/α,β-unsaturated/α-hetero) is 1. The number of amides is 1. The molecule has 214 valence electrons. The molecule has 9 nitrogen and oxygen atoms in total. The molecule has 1 aliphatic heterocycles. The number of hydrogen-bond donors (Lipinski definition) is 4. The number of carbonyl (C=O) groups is 2. The number of unbranched alkanes of at least 4 members (excludes halogenated alkanes) is 2. The standard InChI is InChI=1S/C28H49NO8/c1-17(2)19-11-12-21(14-19)36-16-20-8-7-9-22(20)23(32)10-5-4-6-13-35-28-25(29-18(3)31)27(34)26(33)24(15-30)37-28/h17,19-22,24-28,30,33-34H,4-16H2,1-3H3,(H,29,31)/t19?,20-,21?,22?,24?,25?,26?,27?,28?/m0/s1. The highest BCUT2D eigenvalue weighted by Crippen LogP contribution is 2.37. The molecule has 1 amide bonds. The second-order valence-corrected chi connectivity index (χ2v) is 11.7. The Kier molecular flexibility index (Phi) is 12.3. The molecule has 0 aromatic rings. The number of hydrogen-bond acceptors (Lipinski definition) is 8. The first-order valence-electron chi connectivity index (χ1n) is 14.4. The molecule has 2 aliphatic carbocycles. The largest absolute Gasteiger partial charge is 0.394 e. The van der Waals surface area contributed by atoms with Gasteiger partial charge in [0.1, 0.15) is 30.1 Å². The molecule has 37 heavy (non-hydrogen) atoms. The predicted molar refractivity (Wildman–Crippen MR) is 138 cm³/mol. The van der Waals surface area contributed by atoms with Crippen LogP contribution >= 0.6 is 0 Å². The molecule has 0 aromatic heterocycles. The lowest BCUT2D eigenvalue weighted by Crippen LogP contribution is -2.64. The van der Waals surface area contributed by atoms with E-state index in [0.29, 0.717) is 49.8 Å². The van der Waals surface area contributed by atoms with Crippen LogP contribution in [0.1, 0.15) is 85.0 Å². The van der Waals surface area contributed by atoms with Crippen molar-refractivity contribution >= 4 is 11.7 Å². The number of carbonyl (C=O) groups excluding carboxylic acids is 2. The minimum Gasteiger partial charge on any atom is -0.394 e. The summed E-state index contributed by atoms with van der Waals surface area (Å²) in [5.41, 5.74) is 0. The third kappa shape index (κ3) is 8.70. The monoisotopic (exact) mass is 527 g/mol. The van der Waals surface area contributed by atoms with Crippen LogP contribution in [-0.2, 0) is 23.8 Å². The Morgan fingerprint density at radius 1 is 1.03 bits per heavy atom. The van der Waals surface area contributed by atoms with Gasteiger partial charge in [-0.05, 0) is 62.7 Å². The second kappa shape index (κ2) is 14.9. The molecule has 1 heterocycles. The van der Waals surface area contributed by atoms with Crippen molar-refractivity contribution in [2.75, 3.05) is 19.8 Å².